The van der Waals surface area contributed by atoms with Gasteiger partial charge in [0.2, 0.25) is 0 Å². The minimum atomic E-state index is -5.22. The van der Waals surface area contributed by atoms with Gasteiger partial charge in [0.1, 0.15) is 18.4 Å². The van der Waals surface area contributed by atoms with E-state index in [2.05, 4.69) is 9.29 Å². The van der Waals surface area contributed by atoms with Crippen LogP contribution in [-0.2, 0) is 36.8 Å². The van der Waals surface area contributed by atoms with Gasteiger partial charge in [0, 0.05) is 24.6 Å². The van der Waals surface area contributed by atoms with Gasteiger partial charge in [-0.1, -0.05) is 0 Å². The maximum atomic E-state index is 12.3. The molecule has 18 heteroatoms. The van der Waals surface area contributed by atoms with Crippen molar-refractivity contribution in [1.29, 1.82) is 0 Å². The van der Waals surface area contributed by atoms with Crippen LogP contribution in [0, 0.1) is 6.92 Å². The first-order chi connectivity index (χ1) is 16.6. The zero-order chi connectivity index (χ0) is 27.0. The minimum absolute atomic E-state index is 0.111. The van der Waals surface area contributed by atoms with Gasteiger partial charge in [0.25, 0.3) is 5.56 Å². The van der Waals surface area contributed by atoms with Gasteiger partial charge in [-0.2, -0.15) is 4.31 Å². The second-order valence-corrected chi connectivity index (χ2v) is 11.7. The van der Waals surface area contributed by atoms with Gasteiger partial charge < -0.3 is 24.4 Å². The van der Waals surface area contributed by atoms with Crippen molar-refractivity contribution < 1.29 is 51.6 Å². The lowest BCUT2D eigenvalue weighted by atomic mass is 10.0. The van der Waals surface area contributed by atoms with Gasteiger partial charge >= 0.3 is 21.3 Å². The van der Waals surface area contributed by atoms with Crippen molar-refractivity contribution in [2.45, 2.75) is 63.6 Å². The summed E-state index contributed by atoms with van der Waals surface area (Å²) < 4.78 is 50.2. The number of aryl methyl sites for hydroxylation is 1. The molecule has 0 aliphatic carbocycles. The fourth-order valence-electron chi connectivity index (χ4n) is 3.78. The average Bonchev–Trinajstić information content (AvgIpc) is 3.10. The van der Waals surface area contributed by atoms with Crippen LogP contribution in [-0.4, -0.2) is 86.5 Å². The van der Waals surface area contributed by atoms with Gasteiger partial charge in [0.05, 0.1) is 18.8 Å². The number of aliphatic hydroxyl groups excluding tert-OH is 1. The number of carbonyl (C=O) groups excluding carboxylic acids is 1. The van der Waals surface area contributed by atoms with Crippen molar-refractivity contribution in [3.05, 3.63) is 32.6 Å². The number of carbonyl (C=O) groups is 1. The number of phosphoric ester groups is 2. The molecule has 204 valence electrons. The molecule has 2 saturated heterocycles. The predicted molar refractivity (Wildman–Crippen MR) is 120 cm³/mol. The van der Waals surface area contributed by atoms with E-state index in [1.165, 1.54) is 20.0 Å². The number of rotatable bonds is 9. The molecular weight excluding hydrogens is 528 g/mol. The van der Waals surface area contributed by atoms with Crippen LogP contribution < -0.4 is 11.2 Å². The summed E-state index contributed by atoms with van der Waals surface area (Å²) in [6, 6.07) is -0.677. The molecule has 3 rings (SSSR count). The van der Waals surface area contributed by atoms with E-state index in [-0.39, 0.29) is 24.2 Å². The first-order valence-electron chi connectivity index (χ1n) is 10.8. The lowest BCUT2D eigenvalue weighted by Gasteiger charge is -2.35. The van der Waals surface area contributed by atoms with Gasteiger partial charge in [-0.15, -0.1) is 0 Å². The molecule has 0 radical (unpaired) electrons. The highest BCUT2D eigenvalue weighted by molar-refractivity contribution is 7.61. The highest BCUT2D eigenvalue weighted by Crippen LogP contribution is 2.61. The van der Waals surface area contributed by atoms with Crippen molar-refractivity contribution in [3.8, 4) is 0 Å². The summed E-state index contributed by atoms with van der Waals surface area (Å²) >= 11 is 0. The number of hydrogen-bond acceptors (Lipinski definition) is 12. The lowest BCUT2D eigenvalue weighted by Crippen LogP contribution is -2.50. The second-order valence-electron chi connectivity index (χ2n) is 8.66. The SMILES string of the molecule is Cc1cn([C@H]2C[C@H](O)[C@@H](COP(=O)(O)OP(=O)(O)O[C@@H]3C[C@@H](N(C)C)C(=O)[C@H](C)O3)O2)c(=O)[nH]c1=O. The Morgan fingerprint density at radius 2 is 1.83 bits per heavy atom. The Hall–Kier alpha value is -1.55. The third kappa shape index (κ3) is 7.05. The Balaban J connectivity index is 1.58. The monoisotopic (exact) mass is 557 g/mol. The van der Waals surface area contributed by atoms with Crippen LogP contribution in [0.3, 0.4) is 0 Å². The molecule has 3 heterocycles. The molecule has 0 amide bonds. The molecular formula is C18H29N3O13P2. The van der Waals surface area contributed by atoms with Gasteiger partial charge in [0.15, 0.2) is 12.1 Å². The summed E-state index contributed by atoms with van der Waals surface area (Å²) in [5, 5.41) is 10.2. The molecule has 4 N–H and O–H groups in total. The number of phosphoric acid groups is 2. The van der Waals surface area contributed by atoms with E-state index in [0.29, 0.717) is 0 Å². The fourth-order valence-corrected chi connectivity index (χ4v) is 5.93. The van der Waals surface area contributed by atoms with Gasteiger partial charge in [-0.25, -0.2) is 13.9 Å². The number of H-pyrrole nitrogens is 1. The number of aliphatic hydroxyl groups is 1. The molecule has 36 heavy (non-hydrogen) atoms. The van der Waals surface area contributed by atoms with Crippen LogP contribution in [0.25, 0.3) is 0 Å². The van der Waals surface area contributed by atoms with E-state index in [1.807, 2.05) is 0 Å². The highest BCUT2D eigenvalue weighted by Gasteiger charge is 2.44. The van der Waals surface area contributed by atoms with Crippen molar-refractivity contribution in [3.63, 3.8) is 0 Å². The van der Waals surface area contributed by atoms with Crippen molar-refractivity contribution >= 4 is 21.4 Å². The van der Waals surface area contributed by atoms with E-state index in [1.54, 1.807) is 19.0 Å². The number of ether oxygens (including phenoxy) is 2. The first-order valence-corrected chi connectivity index (χ1v) is 13.8. The molecule has 2 aliphatic heterocycles. The van der Waals surface area contributed by atoms with Crippen LogP contribution >= 0.6 is 15.6 Å². The second kappa shape index (κ2) is 11.1. The molecule has 1 aromatic rings. The Morgan fingerprint density at radius 1 is 1.17 bits per heavy atom. The average molecular weight is 557 g/mol. The number of likely N-dealkylation sites (N-methyl/N-ethyl adjacent to an activating group) is 1. The van der Waals surface area contributed by atoms with Crippen LogP contribution in [0.4, 0.5) is 0 Å². The fraction of sp³-hybridized carbons (Fsp3) is 0.722. The summed E-state index contributed by atoms with van der Waals surface area (Å²) in [5.74, 6) is -0.266. The standard InChI is InChI=1S/C18H29N3O13P2/c1-9-7-21(18(25)19-17(9)24)14-6-12(22)13(32-14)8-30-35(26,27)34-36(28,29)33-15-5-11(20(3)4)16(23)10(2)31-15/h7,10-15,22H,5-6,8H2,1-4H3,(H,26,27)(H,28,29)(H,19,24,25)/t10-,11+,12-,13+,14+,15+/m0/s1. The number of ketones is 1. The summed E-state index contributed by atoms with van der Waals surface area (Å²) in [7, 11) is -7.18. The molecule has 0 aromatic carbocycles. The Labute approximate surface area is 204 Å². The Morgan fingerprint density at radius 3 is 2.47 bits per heavy atom. The third-order valence-corrected chi connectivity index (χ3v) is 8.27. The van der Waals surface area contributed by atoms with E-state index < -0.39 is 70.4 Å². The number of aromatic amines is 1. The molecule has 8 atom stereocenters. The van der Waals surface area contributed by atoms with E-state index in [4.69, 9.17) is 18.5 Å². The van der Waals surface area contributed by atoms with Gasteiger partial charge in [-0.3, -0.25) is 33.1 Å². The predicted octanol–water partition coefficient (Wildman–Crippen LogP) is -0.622. The van der Waals surface area contributed by atoms with E-state index in [9.17, 15) is 38.4 Å². The molecule has 0 saturated carbocycles. The zero-order valence-corrected chi connectivity index (χ0v) is 21.7. The van der Waals surface area contributed by atoms with Gasteiger partial charge in [-0.05, 0) is 27.9 Å². The van der Waals surface area contributed by atoms with Crippen LogP contribution in [0.2, 0.25) is 0 Å². The van der Waals surface area contributed by atoms with Crippen LogP contribution in [0.15, 0.2) is 15.8 Å². The molecule has 0 spiro atoms. The van der Waals surface area contributed by atoms with E-state index in [0.717, 1.165) is 4.57 Å². The summed E-state index contributed by atoms with van der Waals surface area (Å²) in [6.07, 6.45) is -4.82. The van der Waals surface area contributed by atoms with Crippen LogP contribution in [0.1, 0.15) is 31.6 Å². The summed E-state index contributed by atoms with van der Waals surface area (Å²) in [4.78, 5) is 59.3. The largest absolute Gasteiger partial charge is 0.483 e. The van der Waals surface area contributed by atoms with E-state index >= 15 is 0 Å². The lowest BCUT2D eigenvalue weighted by molar-refractivity contribution is -0.178. The molecule has 0 bridgehead atoms. The summed E-state index contributed by atoms with van der Waals surface area (Å²) in [5.41, 5.74) is -1.14. The third-order valence-electron chi connectivity index (χ3n) is 5.64. The first kappa shape index (κ1) is 29.0. The maximum absolute atomic E-state index is 12.3. The number of Topliss-reactive ketones (excluding diaryl/α,β-unsaturated/α-hetero) is 1. The molecule has 16 nitrogen and oxygen atoms in total. The number of nitrogens with one attached hydrogen (secondary N) is 1. The smallest absolute Gasteiger partial charge is 0.390 e. The number of aromatic nitrogens is 2. The quantitative estimate of drug-likeness (QED) is 0.278. The normalized spacial score (nSPS) is 32.4. The maximum Gasteiger partial charge on any atom is 0.483 e. The Kier molecular flexibility index (Phi) is 8.91. The molecule has 1 aromatic heterocycles. The van der Waals surface area contributed by atoms with Crippen molar-refractivity contribution in [2.75, 3.05) is 20.7 Å². The minimum Gasteiger partial charge on any atom is -0.390 e. The molecule has 2 aliphatic rings. The summed E-state index contributed by atoms with van der Waals surface area (Å²) in [6.45, 7) is 2.14. The topological polar surface area (TPSA) is 216 Å². The molecule has 2 unspecified atom stereocenters. The molecule has 2 fully saturated rings. The highest BCUT2D eigenvalue weighted by atomic mass is 31.3. The van der Waals surface area contributed by atoms with Crippen molar-refractivity contribution in [2.24, 2.45) is 0 Å². The van der Waals surface area contributed by atoms with Crippen molar-refractivity contribution in [1.82, 2.24) is 14.5 Å². The Bertz CT molecular complexity index is 1180. The number of nitrogens with zero attached hydrogens (tertiary/aromatic N) is 2. The van der Waals surface area contributed by atoms with Crippen LogP contribution in [0.5, 0.6) is 0 Å². The zero-order valence-electron chi connectivity index (χ0n) is 19.9. The number of hydrogen-bond donors (Lipinski definition) is 4.